The fraction of sp³-hybridized carbons (Fsp3) is 0.200. The Morgan fingerprint density at radius 3 is 2.76 bits per heavy atom. The van der Waals surface area contributed by atoms with Gasteiger partial charge in [0.25, 0.3) is 0 Å². The van der Waals surface area contributed by atoms with Crippen LogP contribution in [-0.4, -0.2) is 4.98 Å². The van der Waals surface area contributed by atoms with Crippen LogP contribution in [0.25, 0.3) is 11.1 Å². The predicted octanol–water partition coefficient (Wildman–Crippen LogP) is 3.49. The molecule has 2 nitrogen and oxygen atoms in total. The Bertz CT molecular complexity index is 580. The number of nitrogens with zero attached hydrogens (tertiary/aromatic N) is 2. The van der Waals surface area contributed by atoms with Crippen molar-refractivity contribution in [3.63, 3.8) is 0 Å². The maximum Gasteiger partial charge on any atom is 0.0991 e. The van der Waals surface area contributed by atoms with Crippen LogP contribution in [0.1, 0.15) is 23.7 Å². The zero-order valence-electron chi connectivity index (χ0n) is 10.1. The minimum Gasteiger partial charge on any atom is -0.261 e. The van der Waals surface area contributed by atoms with Crippen LogP contribution >= 0.6 is 0 Å². The number of pyridine rings is 1. The molecule has 0 saturated carbocycles. The van der Waals surface area contributed by atoms with Gasteiger partial charge in [-0.15, -0.1) is 0 Å². The summed E-state index contributed by atoms with van der Waals surface area (Å²) in [5, 5.41) is 8.89. The van der Waals surface area contributed by atoms with Gasteiger partial charge in [0, 0.05) is 17.5 Å². The third-order valence-electron chi connectivity index (χ3n) is 2.83. The molecule has 0 spiro atoms. The van der Waals surface area contributed by atoms with Gasteiger partial charge in [-0.3, -0.25) is 4.98 Å². The normalized spacial score (nSPS) is 9.94. The Kier molecular flexibility index (Phi) is 3.20. The first-order valence-corrected chi connectivity index (χ1v) is 5.70. The highest BCUT2D eigenvalue weighted by molar-refractivity contribution is 5.67. The number of nitriles is 1. The number of benzene rings is 1. The van der Waals surface area contributed by atoms with Crippen molar-refractivity contribution in [2.24, 2.45) is 0 Å². The molecule has 0 amide bonds. The largest absolute Gasteiger partial charge is 0.261 e. The molecule has 17 heavy (non-hydrogen) atoms. The summed E-state index contributed by atoms with van der Waals surface area (Å²) in [6.07, 6.45) is 2.84. The van der Waals surface area contributed by atoms with E-state index < -0.39 is 0 Å². The van der Waals surface area contributed by atoms with Gasteiger partial charge in [0.1, 0.15) is 0 Å². The Labute approximate surface area is 102 Å². The molecule has 2 aromatic rings. The first kappa shape index (κ1) is 11.3. The third kappa shape index (κ3) is 2.34. The van der Waals surface area contributed by atoms with Gasteiger partial charge in [-0.05, 0) is 42.7 Å². The summed E-state index contributed by atoms with van der Waals surface area (Å²) in [6.45, 7) is 4.17. The predicted molar refractivity (Wildman–Crippen MR) is 68.5 cm³/mol. The van der Waals surface area contributed by atoms with E-state index in [4.69, 9.17) is 5.26 Å². The average molecular weight is 222 g/mol. The first-order valence-electron chi connectivity index (χ1n) is 5.70. The van der Waals surface area contributed by atoms with Crippen LogP contribution in [0, 0.1) is 18.3 Å². The van der Waals surface area contributed by atoms with Gasteiger partial charge in [0.2, 0.25) is 0 Å². The lowest BCUT2D eigenvalue weighted by molar-refractivity contribution is 1.03. The maximum absolute atomic E-state index is 8.89. The van der Waals surface area contributed by atoms with Gasteiger partial charge >= 0.3 is 0 Å². The number of aromatic nitrogens is 1. The van der Waals surface area contributed by atoms with Gasteiger partial charge in [0.05, 0.1) is 11.6 Å². The molecule has 0 atom stereocenters. The molecule has 0 saturated heterocycles. The number of aryl methyl sites for hydroxylation is 2. The molecule has 1 aromatic carbocycles. The molecule has 0 aliphatic rings. The molecule has 0 N–H and O–H groups in total. The Morgan fingerprint density at radius 2 is 2.12 bits per heavy atom. The molecule has 0 radical (unpaired) electrons. The zero-order valence-corrected chi connectivity index (χ0v) is 10.1. The number of hydrogen-bond donors (Lipinski definition) is 0. The van der Waals surface area contributed by atoms with Gasteiger partial charge in [-0.2, -0.15) is 5.26 Å². The highest BCUT2D eigenvalue weighted by Crippen LogP contribution is 2.23. The molecule has 2 heteroatoms. The Hall–Kier alpha value is -2.14. The second kappa shape index (κ2) is 4.80. The van der Waals surface area contributed by atoms with Crippen molar-refractivity contribution in [1.29, 1.82) is 5.26 Å². The Morgan fingerprint density at radius 1 is 1.29 bits per heavy atom. The molecule has 0 fully saturated rings. The number of hydrogen-bond acceptors (Lipinski definition) is 2. The molecular weight excluding hydrogens is 208 g/mol. The van der Waals surface area contributed by atoms with Crippen LogP contribution in [0.2, 0.25) is 0 Å². The van der Waals surface area contributed by atoms with E-state index in [0.29, 0.717) is 5.56 Å². The average Bonchev–Trinajstić information content (AvgIpc) is 2.38. The van der Waals surface area contributed by atoms with E-state index >= 15 is 0 Å². The first-order chi connectivity index (χ1) is 8.24. The summed E-state index contributed by atoms with van der Waals surface area (Å²) in [5.74, 6) is 0. The van der Waals surface area contributed by atoms with Crippen molar-refractivity contribution in [2.75, 3.05) is 0 Å². The van der Waals surface area contributed by atoms with E-state index in [9.17, 15) is 0 Å². The van der Waals surface area contributed by atoms with Gasteiger partial charge in [-0.1, -0.05) is 19.1 Å². The summed E-state index contributed by atoms with van der Waals surface area (Å²) in [6, 6.07) is 11.9. The van der Waals surface area contributed by atoms with Crippen LogP contribution in [0.3, 0.4) is 0 Å². The van der Waals surface area contributed by atoms with E-state index in [1.807, 2.05) is 30.5 Å². The molecule has 2 rings (SSSR count). The van der Waals surface area contributed by atoms with Gasteiger partial charge in [0.15, 0.2) is 0 Å². The summed E-state index contributed by atoms with van der Waals surface area (Å²) in [7, 11) is 0. The summed E-state index contributed by atoms with van der Waals surface area (Å²) < 4.78 is 0. The van der Waals surface area contributed by atoms with Crippen molar-refractivity contribution >= 4 is 0 Å². The van der Waals surface area contributed by atoms with Gasteiger partial charge < -0.3 is 0 Å². The monoisotopic (exact) mass is 222 g/mol. The third-order valence-corrected chi connectivity index (χ3v) is 2.83. The molecule has 0 aliphatic heterocycles. The van der Waals surface area contributed by atoms with Crippen molar-refractivity contribution < 1.29 is 0 Å². The standard InChI is InChI=1S/C15H14N2/c1-3-14-7-11(2)15(10-17-14)13-6-4-5-12(8-13)9-16/h4-8,10H,3H2,1-2H3. The fourth-order valence-electron chi connectivity index (χ4n) is 1.87. The number of rotatable bonds is 2. The van der Waals surface area contributed by atoms with E-state index in [1.54, 1.807) is 0 Å². The van der Waals surface area contributed by atoms with Crippen molar-refractivity contribution in [2.45, 2.75) is 20.3 Å². The minimum atomic E-state index is 0.682. The van der Waals surface area contributed by atoms with E-state index in [1.165, 1.54) is 5.56 Å². The van der Waals surface area contributed by atoms with E-state index in [2.05, 4.69) is 31.0 Å². The summed E-state index contributed by atoms with van der Waals surface area (Å²) in [4.78, 5) is 4.41. The maximum atomic E-state index is 8.89. The molecule has 1 aromatic heterocycles. The fourth-order valence-corrected chi connectivity index (χ4v) is 1.87. The highest BCUT2D eigenvalue weighted by atomic mass is 14.7. The summed E-state index contributed by atoms with van der Waals surface area (Å²) >= 11 is 0. The van der Waals surface area contributed by atoms with Crippen LogP contribution in [0.5, 0.6) is 0 Å². The molecule has 0 unspecified atom stereocenters. The van der Waals surface area contributed by atoms with Crippen molar-refractivity contribution in [3.05, 3.63) is 53.3 Å². The van der Waals surface area contributed by atoms with Crippen LogP contribution in [0.15, 0.2) is 36.5 Å². The topological polar surface area (TPSA) is 36.7 Å². The van der Waals surface area contributed by atoms with Crippen LogP contribution in [0.4, 0.5) is 0 Å². The Balaban J connectivity index is 2.49. The van der Waals surface area contributed by atoms with Crippen molar-refractivity contribution in [1.82, 2.24) is 4.98 Å². The van der Waals surface area contributed by atoms with Crippen molar-refractivity contribution in [3.8, 4) is 17.2 Å². The second-order valence-corrected chi connectivity index (χ2v) is 4.04. The molecular formula is C15H14N2. The van der Waals surface area contributed by atoms with Crippen LogP contribution < -0.4 is 0 Å². The summed E-state index contributed by atoms with van der Waals surface area (Å²) in [5.41, 5.74) is 5.13. The van der Waals surface area contributed by atoms with Gasteiger partial charge in [-0.25, -0.2) is 0 Å². The highest BCUT2D eigenvalue weighted by Gasteiger charge is 2.04. The van der Waals surface area contributed by atoms with E-state index in [0.717, 1.165) is 23.2 Å². The molecule has 84 valence electrons. The second-order valence-electron chi connectivity index (χ2n) is 4.04. The lowest BCUT2D eigenvalue weighted by Gasteiger charge is -2.07. The quantitative estimate of drug-likeness (QED) is 0.779. The lowest BCUT2D eigenvalue weighted by atomic mass is 10.0. The molecule has 0 aliphatic carbocycles. The van der Waals surface area contributed by atoms with E-state index in [-0.39, 0.29) is 0 Å². The molecule has 0 bridgehead atoms. The SMILES string of the molecule is CCc1cc(C)c(-c2cccc(C#N)c2)cn1. The minimum absolute atomic E-state index is 0.682. The zero-order chi connectivity index (χ0) is 12.3. The van der Waals surface area contributed by atoms with Crippen LogP contribution in [-0.2, 0) is 6.42 Å². The smallest absolute Gasteiger partial charge is 0.0991 e. The lowest BCUT2D eigenvalue weighted by Crippen LogP contribution is -1.91. The molecule has 1 heterocycles.